The van der Waals surface area contributed by atoms with Gasteiger partial charge in [-0.3, -0.25) is 14.9 Å². The standard InChI is InChI=1S/C15H18N2O3S2/c18-15(9-11-10-21-7-8-22-11)16-6-2-3-12-13(16)4-1-5-14(12)17(19)20/h1,4-5,11H,2-3,6-10H2. The number of amides is 1. The van der Waals surface area contributed by atoms with Crippen molar-refractivity contribution in [2.75, 3.05) is 28.7 Å². The minimum atomic E-state index is -0.347. The van der Waals surface area contributed by atoms with Crippen molar-refractivity contribution in [2.24, 2.45) is 0 Å². The van der Waals surface area contributed by atoms with Crippen LogP contribution in [0.4, 0.5) is 11.4 Å². The van der Waals surface area contributed by atoms with Crippen LogP contribution in [0, 0.1) is 10.1 Å². The predicted octanol–water partition coefficient (Wildman–Crippen LogP) is 3.11. The molecule has 0 aromatic heterocycles. The molecule has 2 heterocycles. The second kappa shape index (κ2) is 6.91. The van der Waals surface area contributed by atoms with Gasteiger partial charge in [-0.05, 0) is 18.9 Å². The van der Waals surface area contributed by atoms with Crippen LogP contribution in [0.15, 0.2) is 18.2 Å². The molecule has 7 heteroatoms. The molecule has 2 aliphatic rings. The molecule has 5 nitrogen and oxygen atoms in total. The van der Waals surface area contributed by atoms with Gasteiger partial charge in [0.25, 0.3) is 5.69 Å². The van der Waals surface area contributed by atoms with E-state index in [4.69, 9.17) is 0 Å². The summed E-state index contributed by atoms with van der Waals surface area (Å²) in [6.07, 6.45) is 1.99. The summed E-state index contributed by atoms with van der Waals surface area (Å²) in [6, 6.07) is 5.04. The molecule has 118 valence electrons. The number of carbonyl (C=O) groups is 1. The lowest BCUT2D eigenvalue weighted by Gasteiger charge is -2.31. The number of carbonyl (C=O) groups excluding carboxylic acids is 1. The first-order valence-corrected chi connectivity index (χ1v) is 9.63. The fourth-order valence-electron chi connectivity index (χ4n) is 3.00. The second-order valence-corrected chi connectivity index (χ2v) is 8.01. The van der Waals surface area contributed by atoms with Gasteiger partial charge in [0.15, 0.2) is 0 Å². The Morgan fingerprint density at radius 1 is 1.41 bits per heavy atom. The molecule has 0 saturated carbocycles. The zero-order valence-corrected chi connectivity index (χ0v) is 13.8. The first-order valence-electron chi connectivity index (χ1n) is 7.43. The molecule has 22 heavy (non-hydrogen) atoms. The van der Waals surface area contributed by atoms with E-state index >= 15 is 0 Å². The highest BCUT2D eigenvalue weighted by Gasteiger charge is 2.29. The number of fused-ring (bicyclic) bond motifs is 1. The Labute approximate surface area is 138 Å². The average Bonchev–Trinajstić information content (AvgIpc) is 2.54. The van der Waals surface area contributed by atoms with Crippen LogP contribution < -0.4 is 4.90 Å². The SMILES string of the molecule is O=C(CC1CSCCS1)N1CCCc2c1cccc2[N+](=O)[O-]. The van der Waals surface area contributed by atoms with Crippen LogP contribution in [0.3, 0.4) is 0 Å². The molecule has 1 aromatic carbocycles. The molecule has 1 unspecified atom stereocenters. The molecule has 1 fully saturated rings. The average molecular weight is 338 g/mol. The Morgan fingerprint density at radius 2 is 2.27 bits per heavy atom. The van der Waals surface area contributed by atoms with Crippen LogP contribution in [0.5, 0.6) is 0 Å². The molecule has 1 saturated heterocycles. The lowest BCUT2D eigenvalue weighted by molar-refractivity contribution is -0.385. The summed E-state index contributed by atoms with van der Waals surface area (Å²) in [5.74, 6) is 3.38. The van der Waals surface area contributed by atoms with Gasteiger partial charge < -0.3 is 4.90 Å². The monoisotopic (exact) mass is 338 g/mol. The third-order valence-electron chi connectivity index (χ3n) is 4.01. The smallest absolute Gasteiger partial charge is 0.274 e. The molecule has 1 amide bonds. The van der Waals surface area contributed by atoms with E-state index in [0.717, 1.165) is 29.4 Å². The van der Waals surface area contributed by atoms with Crippen LogP contribution in [-0.4, -0.2) is 39.9 Å². The topological polar surface area (TPSA) is 63.5 Å². The van der Waals surface area contributed by atoms with Gasteiger partial charge in [-0.1, -0.05) is 6.07 Å². The van der Waals surface area contributed by atoms with E-state index in [1.165, 1.54) is 6.07 Å². The van der Waals surface area contributed by atoms with Crippen LogP contribution >= 0.6 is 23.5 Å². The Bertz CT molecular complexity index is 588. The van der Waals surface area contributed by atoms with Gasteiger partial charge in [0.05, 0.1) is 16.2 Å². The number of rotatable bonds is 3. The number of anilines is 1. The molecule has 1 atom stereocenters. The summed E-state index contributed by atoms with van der Waals surface area (Å²) in [6.45, 7) is 0.664. The van der Waals surface area contributed by atoms with E-state index < -0.39 is 0 Å². The van der Waals surface area contributed by atoms with Gasteiger partial charge in [-0.25, -0.2) is 0 Å². The number of nitrogens with zero attached hydrogens (tertiary/aromatic N) is 2. The van der Waals surface area contributed by atoms with Crippen molar-refractivity contribution in [1.29, 1.82) is 0 Å². The number of benzene rings is 1. The largest absolute Gasteiger partial charge is 0.312 e. The number of thioether (sulfide) groups is 2. The van der Waals surface area contributed by atoms with E-state index in [2.05, 4.69) is 0 Å². The summed E-state index contributed by atoms with van der Waals surface area (Å²) in [7, 11) is 0. The van der Waals surface area contributed by atoms with E-state index in [1.807, 2.05) is 29.6 Å². The molecule has 1 aromatic rings. The van der Waals surface area contributed by atoms with E-state index in [-0.39, 0.29) is 16.5 Å². The number of hydrogen-bond acceptors (Lipinski definition) is 5. The van der Waals surface area contributed by atoms with Crippen LogP contribution in [-0.2, 0) is 11.2 Å². The molecule has 2 aliphatic heterocycles. The third kappa shape index (κ3) is 3.25. The van der Waals surface area contributed by atoms with Crippen LogP contribution in [0.1, 0.15) is 18.4 Å². The van der Waals surface area contributed by atoms with Gasteiger partial charge in [0, 0.05) is 41.5 Å². The Balaban J connectivity index is 1.80. The Morgan fingerprint density at radius 3 is 3.00 bits per heavy atom. The highest BCUT2D eigenvalue weighted by molar-refractivity contribution is 8.06. The second-order valence-electron chi connectivity index (χ2n) is 5.45. The molecule has 0 aliphatic carbocycles. The van der Waals surface area contributed by atoms with Gasteiger partial charge >= 0.3 is 0 Å². The van der Waals surface area contributed by atoms with E-state index in [1.54, 1.807) is 11.0 Å². The number of nitro groups is 1. The number of hydrogen-bond donors (Lipinski definition) is 0. The normalized spacial score (nSPS) is 21.3. The highest BCUT2D eigenvalue weighted by Crippen LogP contribution is 2.35. The highest BCUT2D eigenvalue weighted by atomic mass is 32.2. The van der Waals surface area contributed by atoms with Crippen molar-refractivity contribution in [1.82, 2.24) is 0 Å². The van der Waals surface area contributed by atoms with Crippen molar-refractivity contribution in [3.8, 4) is 0 Å². The third-order valence-corrected chi connectivity index (χ3v) is 6.86. The summed E-state index contributed by atoms with van der Waals surface area (Å²) >= 11 is 3.77. The van der Waals surface area contributed by atoms with Gasteiger partial charge in [-0.15, -0.1) is 0 Å². The molecular weight excluding hydrogens is 320 g/mol. The molecule has 0 spiro atoms. The predicted molar refractivity (Wildman–Crippen MR) is 92.0 cm³/mol. The van der Waals surface area contributed by atoms with Crippen LogP contribution in [0.25, 0.3) is 0 Å². The lowest BCUT2D eigenvalue weighted by atomic mass is 9.99. The lowest BCUT2D eigenvalue weighted by Crippen LogP contribution is -2.37. The van der Waals surface area contributed by atoms with Gasteiger partial charge in [-0.2, -0.15) is 23.5 Å². The first kappa shape index (κ1) is 15.7. The van der Waals surface area contributed by atoms with Crippen molar-refractivity contribution < 1.29 is 9.72 Å². The first-order chi connectivity index (χ1) is 10.7. The maximum absolute atomic E-state index is 12.6. The summed E-state index contributed by atoms with van der Waals surface area (Å²) < 4.78 is 0. The van der Waals surface area contributed by atoms with E-state index in [9.17, 15) is 14.9 Å². The molecule has 0 bridgehead atoms. The number of nitro benzene ring substituents is 1. The van der Waals surface area contributed by atoms with Crippen LogP contribution in [0.2, 0.25) is 0 Å². The van der Waals surface area contributed by atoms with Crippen molar-refractivity contribution in [3.05, 3.63) is 33.9 Å². The quantitative estimate of drug-likeness (QED) is 0.626. The Hall–Kier alpha value is -1.21. The fraction of sp³-hybridized carbons (Fsp3) is 0.533. The summed E-state index contributed by atoms with van der Waals surface area (Å²) in [5.41, 5.74) is 1.58. The van der Waals surface area contributed by atoms with Crippen molar-refractivity contribution in [2.45, 2.75) is 24.5 Å². The van der Waals surface area contributed by atoms with Crippen molar-refractivity contribution in [3.63, 3.8) is 0 Å². The molecule has 0 N–H and O–H groups in total. The Kier molecular flexibility index (Phi) is 4.93. The molecular formula is C15H18N2O3S2. The minimum absolute atomic E-state index is 0.0986. The summed E-state index contributed by atoms with van der Waals surface area (Å²) in [4.78, 5) is 25.2. The maximum atomic E-state index is 12.6. The molecule has 0 radical (unpaired) electrons. The zero-order valence-electron chi connectivity index (χ0n) is 12.2. The fourth-order valence-corrected chi connectivity index (χ4v) is 5.67. The maximum Gasteiger partial charge on any atom is 0.274 e. The van der Waals surface area contributed by atoms with Gasteiger partial charge in [0.2, 0.25) is 5.91 Å². The van der Waals surface area contributed by atoms with Crippen molar-refractivity contribution >= 4 is 40.8 Å². The minimum Gasteiger partial charge on any atom is -0.312 e. The van der Waals surface area contributed by atoms with E-state index in [0.29, 0.717) is 30.2 Å². The van der Waals surface area contributed by atoms with Gasteiger partial charge in [0.1, 0.15) is 0 Å². The zero-order chi connectivity index (χ0) is 15.5. The summed E-state index contributed by atoms with van der Waals surface area (Å²) in [5, 5.41) is 11.5. The molecule has 3 rings (SSSR count).